The van der Waals surface area contributed by atoms with E-state index in [-0.39, 0.29) is 5.56 Å². The Labute approximate surface area is 71.6 Å². The Morgan fingerprint density at radius 1 is 1.55 bits per heavy atom. The minimum Gasteiger partial charge on any atom is -0.260 e. The van der Waals surface area contributed by atoms with Crippen molar-refractivity contribution < 1.29 is 8.78 Å². The molecule has 0 saturated heterocycles. The van der Waals surface area contributed by atoms with Crippen LogP contribution in [-0.4, -0.2) is 4.98 Å². The normalized spacial score (nSPS) is 10.6. The molecule has 1 aromatic heterocycles. The van der Waals surface area contributed by atoms with Gasteiger partial charge >= 0.3 is 0 Å². The minimum atomic E-state index is -2.45. The van der Waals surface area contributed by atoms with Crippen LogP contribution in [0, 0.1) is 6.92 Å². The molecule has 0 bridgehead atoms. The van der Waals surface area contributed by atoms with Crippen LogP contribution < -0.4 is 0 Å². The summed E-state index contributed by atoms with van der Waals surface area (Å²) in [5.41, 5.74) is 0.664. The van der Waals surface area contributed by atoms with Crippen molar-refractivity contribution in [3.8, 4) is 0 Å². The van der Waals surface area contributed by atoms with Gasteiger partial charge in [-0.25, -0.2) is 8.78 Å². The molecule has 0 aliphatic rings. The molecule has 1 nitrogen and oxygen atoms in total. The van der Waals surface area contributed by atoms with Gasteiger partial charge in [-0.1, -0.05) is 0 Å². The summed E-state index contributed by atoms with van der Waals surface area (Å²) in [6.07, 6.45) is -1.26. The zero-order chi connectivity index (χ0) is 8.43. The van der Waals surface area contributed by atoms with Crippen molar-refractivity contribution in [1.29, 1.82) is 0 Å². The number of aryl methyl sites for hydroxylation is 1. The number of alkyl halides is 2. The first-order chi connectivity index (χ1) is 5.11. The van der Waals surface area contributed by atoms with Crippen molar-refractivity contribution in [3.63, 3.8) is 0 Å². The molecular weight excluding hydrogens is 216 g/mol. The largest absolute Gasteiger partial charge is 0.265 e. The van der Waals surface area contributed by atoms with E-state index < -0.39 is 6.43 Å². The Bertz CT molecular complexity index is 263. The number of nitrogens with zero attached hydrogens (tertiary/aromatic N) is 1. The third kappa shape index (κ3) is 1.96. The first kappa shape index (κ1) is 8.59. The van der Waals surface area contributed by atoms with Crippen LogP contribution in [0.25, 0.3) is 0 Å². The van der Waals surface area contributed by atoms with Crippen LogP contribution in [-0.2, 0) is 0 Å². The Morgan fingerprint density at radius 2 is 2.18 bits per heavy atom. The molecule has 0 N–H and O–H groups in total. The topological polar surface area (TPSA) is 12.9 Å². The van der Waals surface area contributed by atoms with E-state index in [4.69, 9.17) is 0 Å². The molecule has 0 aromatic carbocycles. The average Bonchev–Trinajstić information content (AvgIpc) is 1.94. The van der Waals surface area contributed by atoms with Gasteiger partial charge in [0.25, 0.3) is 6.43 Å². The molecule has 0 atom stereocenters. The SMILES string of the molecule is Cc1ncc(C(F)F)cc1Br. The molecule has 0 aliphatic heterocycles. The molecule has 1 rings (SSSR count). The van der Waals surface area contributed by atoms with Gasteiger partial charge in [0.1, 0.15) is 0 Å². The molecule has 1 heterocycles. The third-order valence-electron chi connectivity index (χ3n) is 1.30. The fourth-order valence-corrected chi connectivity index (χ4v) is 1.01. The van der Waals surface area contributed by atoms with Crippen molar-refractivity contribution in [2.45, 2.75) is 13.3 Å². The standard InChI is InChI=1S/C7H6BrF2N/c1-4-6(8)2-5(3-11-4)7(9)10/h2-3,7H,1H3. The highest BCUT2D eigenvalue weighted by Crippen LogP contribution is 2.22. The predicted molar refractivity (Wildman–Crippen MR) is 41.6 cm³/mol. The first-order valence-corrected chi connectivity index (χ1v) is 3.80. The lowest BCUT2D eigenvalue weighted by Gasteiger charge is -2.00. The van der Waals surface area contributed by atoms with E-state index in [1.165, 1.54) is 12.3 Å². The maximum absolute atomic E-state index is 12.0. The van der Waals surface area contributed by atoms with Gasteiger partial charge < -0.3 is 0 Å². The van der Waals surface area contributed by atoms with Crippen LogP contribution in [0.5, 0.6) is 0 Å². The van der Waals surface area contributed by atoms with E-state index in [1.54, 1.807) is 6.92 Å². The van der Waals surface area contributed by atoms with Gasteiger partial charge in [0, 0.05) is 16.2 Å². The maximum atomic E-state index is 12.0. The Kier molecular flexibility index (Phi) is 2.54. The summed E-state index contributed by atoms with van der Waals surface area (Å²) in [5, 5.41) is 0. The quantitative estimate of drug-likeness (QED) is 0.711. The summed E-state index contributed by atoms with van der Waals surface area (Å²) in [6.45, 7) is 1.75. The van der Waals surface area contributed by atoms with E-state index in [0.29, 0.717) is 4.47 Å². The van der Waals surface area contributed by atoms with Crippen molar-refractivity contribution >= 4 is 15.9 Å². The van der Waals surface area contributed by atoms with Crippen LogP contribution in [0.1, 0.15) is 17.7 Å². The van der Waals surface area contributed by atoms with Crippen molar-refractivity contribution in [3.05, 3.63) is 28.0 Å². The van der Waals surface area contributed by atoms with Gasteiger partial charge in [-0.15, -0.1) is 0 Å². The molecule has 0 saturated carbocycles. The van der Waals surface area contributed by atoms with Crippen LogP contribution in [0.2, 0.25) is 0 Å². The molecule has 1 aromatic rings. The Balaban J connectivity index is 3.05. The van der Waals surface area contributed by atoms with E-state index in [0.717, 1.165) is 5.69 Å². The van der Waals surface area contributed by atoms with Gasteiger partial charge in [-0.05, 0) is 28.9 Å². The van der Waals surface area contributed by atoms with Crippen LogP contribution in [0.15, 0.2) is 16.7 Å². The van der Waals surface area contributed by atoms with Crippen molar-refractivity contribution in [2.75, 3.05) is 0 Å². The van der Waals surface area contributed by atoms with Crippen LogP contribution in [0.3, 0.4) is 0 Å². The summed E-state index contributed by atoms with van der Waals surface area (Å²) in [5.74, 6) is 0. The highest BCUT2D eigenvalue weighted by molar-refractivity contribution is 9.10. The van der Waals surface area contributed by atoms with Crippen LogP contribution in [0.4, 0.5) is 8.78 Å². The lowest BCUT2D eigenvalue weighted by atomic mass is 10.3. The second-order valence-electron chi connectivity index (χ2n) is 2.14. The molecule has 11 heavy (non-hydrogen) atoms. The highest BCUT2D eigenvalue weighted by Gasteiger charge is 2.08. The first-order valence-electron chi connectivity index (χ1n) is 3.01. The van der Waals surface area contributed by atoms with Gasteiger partial charge in [0.05, 0.1) is 5.69 Å². The van der Waals surface area contributed by atoms with E-state index in [1.807, 2.05) is 0 Å². The lowest BCUT2D eigenvalue weighted by molar-refractivity contribution is 0.151. The second kappa shape index (κ2) is 3.26. The molecule has 0 radical (unpaired) electrons. The summed E-state index contributed by atoms with van der Waals surface area (Å²) in [6, 6.07) is 1.38. The maximum Gasteiger partial charge on any atom is 0.265 e. The Morgan fingerprint density at radius 3 is 2.64 bits per heavy atom. The Hall–Kier alpha value is -0.510. The van der Waals surface area contributed by atoms with E-state index in [2.05, 4.69) is 20.9 Å². The van der Waals surface area contributed by atoms with Crippen molar-refractivity contribution in [1.82, 2.24) is 4.98 Å². The zero-order valence-electron chi connectivity index (χ0n) is 5.81. The zero-order valence-corrected chi connectivity index (χ0v) is 7.40. The van der Waals surface area contributed by atoms with E-state index in [9.17, 15) is 8.78 Å². The fraction of sp³-hybridized carbons (Fsp3) is 0.286. The summed E-state index contributed by atoms with van der Waals surface area (Å²) < 4.78 is 24.7. The molecule has 4 heteroatoms. The molecular formula is C7H6BrF2N. The second-order valence-corrected chi connectivity index (χ2v) is 2.99. The molecule has 0 amide bonds. The van der Waals surface area contributed by atoms with Crippen LogP contribution >= 0.6 is 15.9 Å². The fourth-order valence-electron chi connectivity index (χ4n) is 0.640. The van der Waals surface area contributed by atoms with Gasteiger partial charge in [0.15, 0.2) is 0 Å². The molecule has 0 fully saturated rings. The summed E-state index contributed by atoms with van der Waals surface area (Å²) >= 11 is 3.12. The monoisotopic (exact) mass is 221 g/mol. The van der Waals surface area contributed by atoms with Gasteiger partial charge in [-0.3, -0.25) is 4.98 Å². The van der Waals surface area contributed by atoms with Gasteiger partial charge in [0.2, 0.25) is 0 Å². The lowest BCUT2D eigenvalue weighted by Crippen LogP contribution is -1.89. The molecule has 0 aliphatic carbocycles. The number of pyridine rings is 1. The number of hydrogen-bond donors (Lipinski definition) is 0. The number of halogens is 3. The molecule has 0 spiro atoms. The number of aromatic nitrogens is 1. The smallest absolute Gasteiger partial charge is 0.260 e. The van der Waals surface area contributed by atoms with Gasteiger partial charge in [-0.2, -0.15) is 0 Å². The summed E-state index contributed by atoms with van der Waals surface area (Å²) in [7, 11) is 0. The highest BCUT2D eigenvalue weighted by atomic mass is 79.9. The third-order valence-corrected chi connectivity index (χ3v) is 2.10. The summed E-state index contributed by atoms with van der Waals surface area (Å²) in [4.78, 5) is 3.77. The van der Waals surface area contributed by atoms with E-state index >= 15 is 0 Å². The average molecular weight is 222 g/mol. The van der Waals surface area contributed by atoms with Crippen molar-refractivity contribution in [2.24, 2.45) is 0 Å². The molecule has 60 valence electrons. The number of rotatable bonds is 1. The minimum absolute atomic E-state index is 0.0533. The number of hydrogen-bond acceptors (Lipinski definition) is 1. The predicted octanol–water partition coefficient (Wildman–Crippen LogP) is 3.09. The molecule has 0 unspecified atom stereocenters.